The first-order valence-corrected chi connectivity index (χ1v) is 6.11. The summed E-state index contributed by atoms with van der Waals surface area (Å²) in [5.41, 5.74) is 1.11. The first kappa shape index (κ1) is 12.8. The van der Waals surface area contributed by atoms with Gasteiger partial charge in [-0.1, -0.05) is 28.9 Å². The minimum absolute atomic E-state index is 0.0287. The van der Waals surface area contributed by atoms with Crippen LogP contribution in [-0.2, 0) is 11.3 Å². The molecule has 0 radical (unpaired) electrons. The van der Waals surface area contributed by atoms with Crippen molar-refractivity contribution in [1.82, 2.24) is 10.3 Å². The molecule has 0 unspecified atom stereocenters. The molecule has 4 nitrogen and oxygen atoms in total. The summed E-state index contributed by atoms with van der Waals surface area (Å²) in [6.45, 7) is 2.14. The van der Waals surface area contributed by atoms with Gasteiger partial charge in [-0.05, 0) is 12.1 Å². The average Bonchev–Trinajstić information content (AvgIpc) is 2.35. The third kappa shape index (κ3) is 3.73. The van der Waals surface area contributed by atoms with Crippen molar-refractivity contribution >= 4 is 27.6 Å². The van der Waals surface area contributed by atoms with Crippen molar-refractivity contribution in [3.63, 3.8) is 0 Å². The number of carbonyl (C=O) groups excluding carboxylic acids is 2. The van der Waals surface area contributed by atoms with Gasteiger partial charge in [0.25, 0.3) is 0 Å². The number of carbonyl (C=O) groups is 2. The van der Waals surface area contributed by atoms with E-state index in [2.05, 4.69) is 26.2 Å². The van der Waals surface area contributed by atoms with Crippen LogP contribution in [0.25, 0.3) is 0 Å². The van der Waals surface area contributed by atoms with Crippen LogP contribution < -0.4 is 5.32 Å². The molecule has 1 heterocycles. The maximum Gasteiger partial charge on any atom is 0.220 e. The maximum absolute atomic E-state index is 11.4. The van der Waals surface area contributed by atoms with Gasteiger partial charge >= 0.3 is 0 Å². The monoisotopic (exact) mass is 284 g/mol. The zero-order chi connectivity index (χ0) is 12.0. The number of alkyl halides is 1. The molecular formula is C11H13BrN2O2. The van der Waals surface area contributed by atoms with Crippen molar-refractivity contribution < 1.29 is 9.59 Å². The number of halogens is 1. The van der Waals surface area contributed by atoms with E-state index in [4.69, 9.17) is 0 Å². The summed E-state index contributed by atoms with van der Waals surface area (Å²) < 4.78 is 0. The van der Waals surface area contributed by atoms with Gasteiger partial charge in [-0.2, -0.15) is 0 Å². The molecule has 0 atom stereocenters. The largest absolute Gasteiger partial charge is 0.350 e. The normalized spacial score (nSPS) is 9.88. The van der Waals surface area contributed by atoms with Crippen molar-refractivity contribution in [3.8, 4) is 0 Å². The van der Waals surface area contributed by atoms with E-state index in [1.807, 2.05) is 0 Å². The van der Waals surface area contributed by atoms with Gasteiger partial charge < -0.3 is 5.32 Å². The third-order valence-corrected chi connectivity index (χ3v) is 2.51. The summed E-state index contributed by atoms with van der Waals surface area (Å²) in [5, 5.41) is 2.96. The molecule has 1 rings (SSSR count). The Balaban J connectivity index is 2.67. The fraction of sp³-hybridized carbons (Fsp3) is 0.364. The highest BCUT2D eigenvalue weighted by molar-refractivity contribution is 9.09. The first-order valence-electron chi connectivity index (χ1n) is 4.99. The molecule has 0 aliphatic heterocycles. The molecule has 0 aromatic carbocycles. The van der Waals surface area contributed by atoms with Crippen molar-refractivity contribution in [1.29, 1.82) is 0 Å². The zero-order valence-electron chi connectivity index (χ0n) is 9.00. The molecule has 16 heavy (non-hydrogen) atoms. The van der Waals surface area contributed by atoms with Gasteiger partial charge in [0.05, 0.1) is 17.6 Å². The highest BCUT2D eigenvalue weighted by atomic mass is 79.9. The number of amides is 1. The van der Waals surface area contributed by atoms with Crippen molar-refractivity contribution in [2.24, 2.45) is 0 Å². The molecule has 0 saturated carbocycles. The molecule has 0 fully saturated rings. The molecule has 1 aromatic rings. The van der Waals surface area contributed by atoms with Gasteiger partial charge in [0, 0.05) is 6.42 Å². The van der Waals surface area contributed by atoms with Crippen molar-refractivity contribution in [2.75, 3.05) is 5.33 Å². The van der Waals surface area contributed by atoms with Crippen LogP contribution in [0, 0.1) is 0 Å². The summed E-state index contributed by atoms with van der Waals surface area (Å²) >= 11 is 3.09. The molecule has 0 aliphatic carbocycles. The summed E-state index contributed by atoms with van der Waals surface area (Å²) in [6.07, 6.45) is 0.444. The van der Waals surface area contributed by atoms with E-state index in [-0.39, 0.29) is 17.0 Å². The summed E-state index contributed by atoms with van der Waals surface area (Å²) in [7, 11) is 0. The van der Waals surface area contributed by atoms with E-state index in [1.54, 1.807) is 25.1 Å². The number of pyridine rings is 1. The smallest absolute Gasteiger partial charge is 0.220 e. The number of Topliss-reactive ketones (excluding diaryl/α,β-unsaturated/α-hetero) is 1. The van der Waals surface area contributed by atoms with Gasteiger partial charge in [-0.3, -0.25) is 9.59 Å². The Labute approximate surface area is 103 Å². The molecule has 86 valence electrons. The average molecular weight is 285 g/mol. The lowest BCUT2D eigenvalue weighted by Gasteiger charge is -2.04. The van der Waals surface area contributed by atoms with Crippen LogP contribution in [0.1, 0.15) is 29.5 Å². The highest BCUT2D eigenvalue weighted by Gasteiger charge is 2.06. The molecular weight excluding hydrogens is 272 g/mol. The van der Waals surface area contributed by atoms with Crippen LogP contribution in [-0.4, -0.2) is 22.0 Å². The Morgan fingerprint density at radius 2 is 2.19 bits per heavy atom. The first-order chi connectivity index (χ1) is 7.67. The number of nitrogens with one attached hydrogen (secondary N) is 1. The molecule has 1 aromatic heterocycles. The number of aromatic nitrogens is 1. The lowest BCUT2D eigenvalue weighted by molar-refractivity contribution is -0.120. The SMILES string of the molecule is CCC(=O)NCc1cccc(C(=O)CBr)n1. The van der Waals surface area contributed by atoms with E-state index >= 15 is 0 Å². The van der Waals surface area contributed by atoms with E-state index in [0.717, 1.165) is 0 Å². The van der Waals surface area contributed by atoms with Crippen LogP contribution in [0.15, 0.2) is 18.2 Å². The van der Waals surface area contributed by atoms with Crippen molar-refractivity contribution in [2.45, 2.75) is 19.9 Å². The second kappa shape index (κ2) is 6.37. The molecule has 1 N–H and O–H groups in total. The van der Waals surface area contributed by atoms with Gasteiger partial charge in [-0.25, -0.2) is 4.98 Å². The van der Waals surface area contributed by atoms with Crippen LogP contribution in [0.5, 0.6) is 0 Å². The van der Waals surface area contributed by atoms with Crippen LogP contribution >= 0.6 is 15.9 Å². The van der Waals surface area contributed by atoms with Gasteiger partial charge in [0.2, 0.25) is 5.91 Å². The topological polar surface area (TPSA) is 59.1 Å². The summed E-state index contributed by atoms with van der Waals surface area (Å²) in [4.78, 5) is 26.6. The Kier molecular flexibility index (Phi) is 5.11. The lowest BCUT2D eigenvalue weighted by atomic mass is 10.2. The minimum atomic E-state index is -0.0660. The number of rotatable bonds is 5. The Morgan fingerprint density at radius 1 is 1.44 bits per heavy atom. The molecule has 1 amide bonds. The Bertz CT molecular complexity index is 393. The lowest BCUT2D eigenvalue weighted by Crippen LogP contribution is -2.22. The van der Waals surface area contributed by atoms with Crippen LogP contribution in [0.2, 0.25) is 0 Å². The molecule has 5 heteroatoms. The zero-order valence-corrected chi connectivity index (χ0v) is 10.6. The number of nitrogens with zero attached hydrogens (tertiary/aromatic N) is 1. The van der Waals surface area contributed by atoms with Gasteiger partial charge in [0.1, 0.15) is 5.69 Å². The Morgan fingerprint density at radius 3 is 2.81 bits per heavy atom. The second-order valence-electron chi connectivity index (χ2n) is 3.20. The van der Waals surface area contributed by atoms with Crippen LogP contribution in [0.4, 0.5) is 0 Å². The number of ketones is 1. The molecule has 0 bridgehead atoms. The predicted molar refractivity (Wildman–Crippen MR) is 64.5 cm³/mol. The predicted octanol–water partition coefficient (Wildman–Crippen LogP) is 1.69. The van der Waals surface area contributed by atoms with Gasteiger partial charge in [-0.15, -0.1) is 0 Å². The summed E-state index contributed by atoms with van der Waals surface area (Å²) in [6, 6.07) is 5.20. The number of hydrogen-bond acceptors (Lipinski definition) is 3. The highest BCUT2D eigenvalue weighted by Crippen LogP contribution is 2.02. The molecule has 0 saturated heterocycles. The maximum atomic E-state index is 11.4. The van der Waals surface area contributed by atoms with Crippen LogP contribution in [0.3, 0.4) is 0 Å². The van der Waals surface area contributed by atoms with E-state index in [0.29, 0.717) is 24.4 Å². The minimum Gasteiger partial charge on any atom is -0.350 e. The second-order valence-corrected chi connectivity index (χ2v) is 3.76. The van der Waals surface area contributed by atoms with E-state index in [1.165, 1.54) is 0 Å². The number of hydrogen-bond donors (Lipinski definition) is 1. The third-order valence-electron chi connectivity index (χ3n) is 2.00. The molecule has 0 spiro atoms. The Hall–Kier alpha value is -1.23. The molecule has 0 aliphatic rings. The van der Waals surface area contributed by atoms with E-state index < -0.39 is 0 Å². The van der Waals surface area contributed by atoms with Crippen molar-refractivity contribution in [3.05, 3.63) is 29.6 Å². The van der Waals surface area contributed by atoms with Gasteiger partial charge in [0.15, 0.2) is 5.78 Å². The standard InChI is InChI=1S/C11H13BrN2O2/c1-2-11(16)13-7-8-4-3-5-9(14-8)10(15)6-12/h3-5H,2,6-7H2,1H3,(H,13,16). The summed E-state index contributed by atoms with van der Waals surface area (Å²) in [5.74, 6) is -0.0947. The quantitative estimate of drug-likeness (QED) is 0.661. The fourth-order valence-corrected chi connectivity index (χ4v) is 1.40. The van der Waals surface area contributed by atoms with E-state index in [9.17, 15) is 9.59 Å². The fourth-order valence-electron chi connectivity index (χ4n) is 1.12.